The molecule has 0 saturated carbocycles. The van der Waals surface area contributed by atoms with E-state index in [1.165, 1.54) is 0 Å². The number of fused-ring (bicyclic) bond motifs is 1. The molecule has 23 heavy (non-hydrogen) atoms. The second-order valence-corrected chi connectivity index (χ2v) is 5.33. The molecule has 2 aromatic carbocycles. The first-order valence-corrected chi connectivity index (χ1v) is 7.29. The minimum Gasteiger partial charge on any atom is -0.493 e. The van der Waals surface area contributed by atoms with E-state index in [2.05, 4.69) is 4.98 Å². The highest BCUT2D eigenvalue weighted by Crippen LogP contribution is 2.30. The van der Waals surface area contributed by atoms with Gasteiger partial charge in [0.2, 0.25) is 0 Å². The molecule has 118 valence electrons. The van der Waals surface area contributed by atoms with Gasteiger partial charge in [-0.1, -0.05) is 12.1 Å². The normalized spacial score (nSPS) is 10.7. The Morgan fingerprint density at radius 3 is 2.52 bits per heavy atom. The Kier molecular flexibility index (Phi) is 4.02. The van der Waals surface area contributed by atoms with Gasteiger partial charge in [-0.05, 0) is 42.3 Å². The topological polar surface area (TPSA) is 53.4 Å². The third kappa shape index (κ3) is 2.77. The summed E-state index contributed by atoms with van der Waals surface area (Å²) in [6, 6.07) is 11.2. The van der Waals surface area contributed by atoms with Crippen molar-refractivity contribution in [3.05, 3.63) is 64.2 Å². The standard InChI is InChI=1S/C18H18N2O3/c1-12-8-16(22-2)17(23-3)9-13(12)10-20-11-19-15-7-5-4-6-14(15)18(20)21/h4-9,11H,10H2,1-3H3. The molecule has 0 radical (unpaired) electrons. The van der Waals surface area contributed by atoms with Crippen LogP contribution in [-0.2, 0) is 6.54 Å². The molecule has 0 amide bonds. The van der Waals surface area contributed by atoms with Crippen LogP contribution in [0.15, 0.2) is 47.5 Å². The highest BCUT2D eigenvalue weighted by Gasteiger charge is 2.10. The van der Waals surface area contributed by atoms with Gasteiger partial charge >= 0.3 is 0 Å². The van der Waals surface area contributed by atoms with E-state index in [0.29, 0.717) is 28.9 Å². The predicted octanol–water partition coefficient (Wildman–Crippen LogP) is 2.77. The summed E-state index contributed by atoms with van der Waals surface area (Å²) in [6.45, 7) is 2.42. The summed E-state index contributed by atoms with van der Waals surface area (Å²) in [5.41, 5.74) is 2.67. The fourth-order valence-electron chi connectivity index (χ4n) is 2.60. The summed E-state index contributed by atoms with van der Waals surface area (Å²) in [5, 5.41) is 0.619. The van der Waals surface area contributed by atoms with E-state index < -0.39 is 0 Å². The largest absolute Gasteiger partial charge is 0.493 e. The minimum absolute atomic E-state index is 0.0511. The van der Waals surface area contributed by atoms with E-state index in [-0.39, 0.29) is 5.56 Å². The van der Waals surface area contributed by atoms with Crippen molar-refractivity contribution in [2.24, 2.45) is 0 Å². The Morgan fingerprint density at radius 1 is 1.09 bits per heavy atom. The van der Waals surface area contributed by atoms with Crippen LogP contribution in [0.2, 0.25) is 0 Å². The molecule has 5 heteroatoms. The van der Waals surface area contributed by atoms with Crippen molar-refractivity contribution in [2.45, 2.75) is 13.5 Å². The van der Waals surface area contributed by atoms with Crippen LogP contribution in [0.25, 0.3) is 10.9 Å². The zero-order valence-electron chi connectivity index (χ0n) is 13.4. The molecule has 0 N–H and O–H groups in total. The van der Waals surface area contributed by atoms with Crippen molar-refractivity contribution >= 4 is 10.9 Å². The van der Waals surface area contributed by atoms with Gasteiger partial charge in [0.1, 0.15) is 0 Å². The molecule has 0 bridgehead atoms. The smallest absolute Gasteiger partial charge is 0.261 e. The molecule has 0 saturated heterocycles. The fourth-order valence-corrected chi connectivity index (χ4v) is 2.60. The molecule has 0 aliphatic heterocycles. The van der Waals surface area contributed by atoms with E-state index in [1.54, 1.807) is 31.2 Å². The molecule has 0 unspecified atom stereocenters. The van der Waals surface area contributed by atoms with Crippen LogP contribution in [0.1, 0.15) is 11.1 Å². The predicted molar refractivity (Wildman–Crippen MR) is 89.4 cm³/mol. The van der Waals surface area contributed by atoms with Crippen molar-refractivity contribution in [3.63, 3.8) is 0 Å². The number of aryl methyl sites for hydroxylation is 1. The van der Waals surface area contributed by atoms with E-state index >= 15 is 0 Å². The van der Waals surface area contributed by atoms with Crippen LogP contribution >= 0.6 is 0 Å². The minimum atomic E-state index is -0.0511. The van der Waals surface area contributed by atoms with Crippen molar-refractivity contribution in [1.82, 2.24) is 9.55 Å². The monoisotopic (exact) mass is 310 g/mol. The molecular formula is C18H18N2O3. The van der Waals surface area contributed by atoms with Gasteiger partial charge in [-0.3, -0.25) is 9.36 Å². The Bertz CT molecular complexity index is 916. The maximum atomic E-state index is 12.6. The van der Waals surface area contributed by atoms with Crippen molar-refractivity contribution in [1.29, 1.82) is 0 Å². The van der Waals surface area contributed by atoms with Crippen molar-refractivity contribution < 1.29 is 9.47 Å². The second-order valence-electron chi connectivity index (χ2n) is 5.33. The van der Waals surface area contributed by atoms with Crippen LogP contribution < -0.4 is 15.0 Å². The third-order valence-electron chi connectivity index (χ3n) is 3.91. The Labute approximate surface area is 134 Å². The summed E-state index contributed by atoms with van der Waals surface area (Å²) in [5.74, 6) is 1.33. The van der Waals surface area contributed by atoms with Gasteiger partial charge in [-0.15, -0.1) is 0 Å². The van der Waals surface area contributed by atoms with Gasteiger partial charge in [0, 0.05) is 0 Å². The lowest BCUT2D eigenvalue weighted by Crippen LogP contribution is -2.21. The maximum absolute atomic E-state index is 12.6. The van der Waals surface area contributed by atoms with Crippen LogP contribution in [0.5, 0.6) is 11.5 Å². The summed E-state index contributed by atoms with van der Waals surface area (Å²) in [6.07, 6.45) is 1.58. The molecule has 3 rings (SSSR count). The van der Waals surface area contributed by atoms with Crippen molar-refractivity contribution in [3.8, 4) is 11.5 Å². The van der Waals surface area contributed by atoms with E-state index in [4.69, 9.17) is 9.47 Å². The molecule has 0 aliphatic carbocycles. The van der Waals surface area contributed by atoms with E-state index in [9.17, 15) is 4.79 Å². The van der Waals surface area contributed by atoms with Gasteiger partial charge in [0.05, 0.1) is 38.0 Å². The molecule has 3 aromatic rings. The molecule has 1 aromatic heterocycles. The first-order chi connectivity index (χ1) is 11.1. The van der Waals surface area contributed by atoms with Gasteiger partial charge in [0.25, 0.3) is 5.56 Å². The van der Waals surface area contributed by atoms with Crippen molar-refractivity contribution in [2.75, 3.05) is 14.2 Å². The Morgan fingerprint density at radius 2 is 1.78 bits per heavy atom. The van der Waals surface area contributed by atoms with E-state index in [0.717, 1.165) is 11.1 Å². The highest BCUT2D eigenvalue weighted by molar-refractivity contribution is 5.76. The number of nitrogens with zero attached hydrogens (tertiary/aromatic N) is 2. The lowest BCUT2D eigenvalue weighted by molar-refractivity contribution is 0.354. The zero-order chi connectivity index (χ0) is 16.4. The lowest BCUT2D eigenvalue weighted by Gasteiger charge is -2.14. The molecule has 0 fully saturated rings. The van der Waals surface area contributed by atoms with Gasteiger partial charge in [-0.2, -0.15) is 0 Å². The summed E-state index contributed by atoms with van der Waals surface area (Å²) >= 11 is 0. The Hall–Kier alpha value is -2.82. The summed E-state index contributed by atoms with van der Waals surface area (Å²) in [4.78, 5) is 16.9. The van der Waals surface area contributed by atoms with Gasteiger partial charge in [0.15, 0.2) is 11.5 Å². The number of para-hydroxylation sites is 1. The lowest BCUT2D eigenvalue weighted by atomic mass is 10.1. The third-order valence-corrected chi connectivity index (χ3v) is 3.91. The van der Waals surface area contributed by atoms with Gasteiger partial charge < -0.3 is 9.47 Å². The SMILES string of the molecule is COc1cc(C)c(Cn2cnc3ccccc3c2=O)cc1OC. The molecule has 1 heterocycles. The number of rotatable bonds is 4. The molecule has 5 nitrogen and oxygen atoms in total. The van der Waals surface area contributed by atoms with Crippen LogP contribution in [-0.4, -0.2) is 23.8 Å². The summed E-state index contributed by atoms with van der Waals surface area (Å²) in [7, 11) is 3.20. The quantitative estimate of drug-likeness (QED) is 0.743. The number of aromatic nitrogens is 2. The molecule has 0 spiro atoms. The number of hydrogen-bond donors (Lipinski definition) is 0. The Balaban J connectivity index is 2.06. The number of benzene rings is 2. The average molecular weight is 310 g/mol. The maximum Gasteiger partial charge on any atom is 0.261 e. The average Bonchev–Trinajstić information content (AvgIpc) is 2.58. The number of hydrogen-bond acceptors (Lipinski definition) is 4. The molecule has 0 aliphatic rings. The number of ether oxygens (including phenoxy) is 2. The fraction of sp³-hybridized carbons (Fsp3) is 0.222. The zero-order valence-corrected chi connectivity index (χ0v) is 13.4. The second kappa shape index (κ2) is 6.12. The first kappa shape index (κ1) is 15.1. The first-order valence-electron chi connectivity index (χ1n) is 7.29. The molecule has 0 atom stereocenters. The summed E-state index contributed by atoms with van der Waals surface area (Å²) < 4.78 is 12.2. The molecular weight excluding hydrogens is 292 g/mol. The van der Waals surface area contributed by atoms with Crippen LogP contribution in [0, 0.1) is 6.92 Å². The van der Waals surface area contributed by atoms with E-state index in [1.807, 2.05) is 37.3 Å². The van der Waals surface area contributed by atoms with Crippen LogP contribution in [0.3, 0.4) is 0 Å². The van der Waals surface area contributed by atoms with Gasteiger partial charge in [-0.25, -0.2) is 4.98 Å². The number of methoxy groups -OCH3 is 2. The highest BCUT2D eigenvalue weighted by atomic mass is 16.5. The van der Waals surface area contributed by atoms with Crippen LogP contribution in [0.4, 0.5) is 0 Å².